The van der Waals surface area contributed by atoms with Crippen LogP contribution in [-0.2, 0) is 13.1 Å². The van der Waals surface area contributed by atoms with E-state index in [2.05, 4.69) is 84.3 Å². The molecule has 1 saturated heterocycles. The molecular weight excluding hydrogens is 516 g/mol. The van der Waals surface area contributed by atoms with Crippen molar-refractivity contribution < 1.29 is 10.2 Å². The van der Waals surface area contributed by atoms with Crippen LogP contribution in [0.3, 0.4) is 0 Å². The number of phenolic OH excluding ortho intramolecular Hbond substituents is 2. The van der Waals surface area contributed by atoms with Crippen molar-refractivity contribution in [3.8, 4) is 11.5 Å². The molecule has 1 heterocycles. The monoisotopic (exact) mass is 558 g/mol. The van der Waals surface area contributed by atoms with Crippen molar-refractivity contribution in [3.05, 3.63) is 129 Å². The lowest BCUT2D eigenvalue weighted by Gasteiger charge is -2.35. The van der Waals surface area contributed by atoms with Gasteiger partial charge in [0.05, 0.1) is 0 Å². The van der Waals surface area contributed by atoms with Gasteiger partial charge in [0.15, 0.2) is 0 Å². The Morgan fingerprint density at radius 1 is 0.595 bits per heavy atom. The first kappa shape index (κ1) is 29.4. The van der Waals surface area contributed by atoms with Crippen LogP contribution in [0.2, 0.25) is 0 Å². The van der Waals surface area contributed by atoms with Crippen LogP contribution < -0.4 is 0 Å². The van der Waals surface area contributed by atoms with Crippen molar-refractivity contribution in [1.82, 2.24) is 9.80 Å². The predicted molar refractivity (Wildman–Crippen MR) is 176 cm³/mol. The fourth-order valence-electron chi connectivity index (χ4n) is 5.83. The van der Waals surface area contributed by atoms with E-state index >= 15 is 0 Å². The fourth-order valence-corrected chi connectivity index (χ4v) is 5.83. The zero-order valence-corrected chi connectivity index (χ0v) is 25.3. The number of hydrogen-bond acceptors (Lipinski definition) is 4. The Labute approximate surface area is 250 Å². The Kier molecular flexibility index (Phi) is 9.26. The van der Waals surface area contributed by atoms with E-state index in [1.165, 1.54) is 11.1 Å². The van der Waals surface area contributed by atoms with E-state index in [-0.39, 0.29) is 0 Å². The number of nitrogens with zero attached hydrogens (tertiary/aromatic N) is 2. The van der Waals surface area contributed by atoms with Crippen LogP contribution in [-0.4, -0.2) is 46.2 Å². The molecule has 4 heteroatoms. The van der Waals surface area contributed by atoms with Gasteiger partial charge in [-0.15, -0.1) is 0 Å². The van der Waals surface area contributed by atoms with Gasteiger partial charge in [0.25, 0.3) is 0 Å². The van der Waals surface area contributed by atoms with Crippen molar-refractivity contribution in [1.29, 1.82) is 0 Å². The standard InChI is InChI=1S/C38H42N2O2/c1-27(33-11-7-5-8-12-33)21-35-23-31(19-29(3)37(35)41)25-39-15-17-40(18-16-39)26-32-20-30(4)38(42)36(24-32)22-28(2)34-13-9-6-10-14-34/h5-14,19-24,41-42H,15-18,25-26H2,1-4H3. The third-order valence-corrected chi connectivity index (χ3v) is 8.26. The third kappa shape index (κ3) is 7.20. The fraction of sp³-hybridized carbons (Fsp3) is 0.263. The van der Waals surface area contributed by atoms with E-state index in [0.717, 1.165) is 83.8 Å². The Hall–Kier alpha value is -4.12. The number of rotatable bonds is 8. The lowest BCUT2D eigenvalue weighted by molar-refractivity contribution is 0.122. The summed E-state index contributed by atoms with van der Waals surface area (Å²) < 4.78 is 0. The first-order valence-corrected chi connectivity index (χ1v) is 14.8. The number of aryl methyl sites for hydroxylation is 2. The quantitative estimate of drug-likeness (QED) is 0.214. The number of benzene rings is 4. The molecule has 0 atom stereocenters. The summed E-state index contributed by atoms with van der Waals surface area (Å²) in [4.78, 5) is 5.00. The Morgan fingerprint density at radius 3 is 1.31 bits per heavy atom. The highest BCUT2D eigenvalue weighted by Crippen LogP contribution is 2.31. The second-order valence-electron chi connectivity index (χ2n) is 11.6. The van der Waals surface area contributed by atoms with Crippen LogP contribution in [0.4, 0.5) is 0 Å². The minimum absolute atomic E-state index is 0.358. The van der Waals surface area contributed by atoms with Crippen molar-refractivity contribution >= 4 is 23.3 Å². The highest BCUT2D eigenvalue weighted by Gasteiger charge is 2.19. The van der Waals surface area contributed by atoms with Crippen molar-refractivity contribution in [3.63, 3.8) is 0 Å². The highest BCUT2D eigenvalue weighted by atomic mass is 16.3. The third-order valence-electron chi connectivity index (χ3n) is 8.26. The van der Waals surface area contributed by atoms with Crippen molar-refractivity contribution in [2.24, 2.45) is 0 Å². The van der Waals surface area contributed by atoms with Gasteiger partial charge in [-0.1, -0.05) is 72.8 Å². The first-order chi connectivity index (χ1) is 20.3. The van der Waals surface area contributed by atoms with Crippen molar-refractivity contribution in [2.45, 2.75) is 40.8 Å². The smallest absolute Gasteiger partial charge is 0.125 e. The largest absolute Gasteiger partial charge is 0.507 e. The van der Waals surface area contributed by atoms with Gasteiger partial charge in [-0.05, 0) is 96.5 Å². The number of phenols is 2. The maximum absolute atomic E-state index is 10.8. The summed E-state index contributed by atoms with van der Waals surface area (Å²) in [6.07, 6.45) is 4.17. The average Bonchev–Trinajstić information content (AvgIpc) is 3.00. The molecule has 0 spiro atoms. The molecule has 4 nitrogen and oxygen atoms in total. The topological polar surface area (TPSA) is 46.9 Å². The summed E-state index contributed by atoms with van der Waals surface area (Å²) in [6, 6.07) is 29.1. The number of aromatic hydroxyl groups is 2. The molecule has 0 aliphatic carbocycles. The lowest BCUT2D eigenvalue weighted by Crippen LogP contribution is -2.45. The molecule has 4 aromatic carbocycles. The molecule has 1 aliphatic heterocycles. The molecule has 216 valence electrons. The SMILES string of the molecule is CC(=Cc1cc(CN2CCN(Cc3cc(C)c(O)c(C=C(C)c4ccccc4)c3)CC2)cc(C)c1O)c1ccccc1. The van der Waals surface area contributed by atoms with Gasteiger partial charge in [0.2, 0.25) is 0 Å². The summed E-state index contributed by atoms with van der Waals surface area (Å²) in [7, 11) is 0. The number of allylic oxidation sites excluding steroid dienone is 2. The summed E-state index contributed by atoms with van der Waals surface area (Å²) in [6.45, 7) is 13.8. The van der Waals surface area contributed by atoms with Crippen LogP contribution in [0, 0.1) is 13.8 Å². The maximum Gasteiger partial charge on any atom is 0.125 e. The molecule has 0 radical (unpaired) electrons. The van der Waals surface area contributed by atoms with E-state index in [9.17, 15) is 10.2 Å². The molecule has 1 aliphatic rings. The number of piperazine rings is 1. The second kappa shape index (κ2) is 13.2. The van der Waals surface area contributed by atoms with Crippen LogP contribution in [0.25, 0.3) is 23.3 Å². The molecule has 0 amide bonds. The van der Waals surface area contributed by atoms with Gasteiger partial charge in [-0.3, -0.25) is 9.80 Å². The molecule has 2 N–H and O–H groups in total. The molecular formula is C38H42N2O2. The van der Waals surface area contributed by atoms with Crippen molar-refractivity contribution in [2.75, 3.05) is 26.2 Å². The molecule has 0 unspecified atom stereocenters. The van der Waals surface area contributed by atoms with Gasteiger partial charge in [-0.2, -0.15) is 0 Å². The molecule has 5 rings (SSSR count). The van der Waals surface area contributed by atoms with E-state index < -0.39 is 0 Å². The zero-order chi connectivity index (χ0) is 29.6. The highest BCUT2D eigenvalue weighted by molar-refractivity contribution is 5.83. The summed E-state index contributed by atoms with van der Waals surface area (Å²) >= 11 is 0. The summed E-state index contributed by atoms with van der Waals surface area (Å²) in [5.74, 6) is 0.715. The Morgan fingerprint density at radius 2 is 0.952 bits per heavy atom. The van der Waals surface area contributed by atoms with Crippen LogP contribution in [0.5, 0.6) is 11.5 Å². The lowest BCUT2D eigenvalue weighted by atomic mass is 9.99. The van der Waals surface area contributed by atoms with Gasteiger partial charge in [-0.25, -0.2) is 0 Å². The Bertz CT molecular complexity index is 1460. The van der Waals surface area contributed by atoms with E-state index in [4.69, 9.17) is 0 Å². The van der Waals surface area contributed by atoms with Gasteiger partial charge < -0.3 is 10.2 Å². The Balaban J connectivity index is 1.23. The van der Waals surface area contributed by atoms with E-state index in [0.29, 0.717) is 11.5 Å². The van der Waals surface area contributed by atoms with E-state index in [1.807, 2.05) is 50.2 Å². The number of hydrogen-bond donors (Lipinski definition) is 2. The van der Waals surface area contributed by atoms with Gasteiger partial charge >= 0.3 is 0 Å². The second-order valence-corrected chi connectivity index (χ2v) is 11.6. The van der Waals surface area contributed by atoms with Crippen LogP contribution in [0.1, 0.15) is 58.4 Å². The molecule has 0 aromatic heterocycles. The summed E-state index contributed by atoms with van der Waals surface area (Å²) in [5, 5.41) is 21.6. The maximum atomic E-state index is 10.8. The minimum atomic E-state index is 0.358. The molecule has 4 aromatic rings. The minimum Gasteiger partial charge on any atom is -0.507 e. The van der Waals surface area contributed by atoms with Crippen LogP contribution >= 0.6 is 0 Å². The molecule has 0 saturated carbocycles. The average molecular weight is 559 g/mol. The first-order valence-electron chi connectivity index (χ1n) is 14.8. The zero-order valence-electron chi connectivity index (χ0n) is 25.3. The molecule has 42 heavy (non-hydrogen) atoms. The predicted octanol–water partition coefficient (Wildman–Crippen LogP) is 8.15. The molecule has 0 bridgehead atoms. The van der Waals surface area contributed by atoms with Crippen LogP contribution in [0.15, 0.2) is 84.9 Å². The van der Waals surface area contributed by atoms with Gasteiger partial charge in [0.1, 0.15) is 11.5 Å². The summed E-state index contributed by atoms with van der Waals surface area (Å²) in [5.41, 5.74) is 10.6. The van der Waals surface area contributed by atoms with E-state index in [1.54, 1.807) is 0 Å². The van der Waals surface area contributed by atoms with Gasteiger partial charge in [0, 0.05) is 50.4 Å². The molecule has 1 fully saturated rings. The normalized spacial score (nSPS) is 15.2.